The van der Waals surface area contributed by atoms with Crippen LogP contribution < -0.4 is 5.73 Å². The SMILES string of the molecule is CC(CCN)C(=O)N1CC[C@H](O)C1. The number of rotatable bonds is 3. The number of nitrogens with zero attached hydrogens (tertiary/aromatic N) is 1. The molecule has 0 aromatic heterocycles. The summed E-state index contributed by atoms with van der Waals surface area (Å²) in [6.07, 6.45) is 1.11. The second kappa shape index (κ2) is 4.58. The van der Waals surface area contributed by atoms with Crippen molar-refractivity contribution in [2.75, 3.05) is 19.6 Å². The van der Waals surface area contributed by atoms with Crippen LogP contribution in [0.2, 0.25) is 0 Å². The summed E-state index contributed by atoms with van der Waals surface area (Å²) in [4.78, 5) is 13.4. The molecule has 1 unspecified atom stereocenters. The molecule has 1 fully saturated rings. The first-order valence-corrected chi connectivity index (χ1v) is 4.82. The zero-order valence-electron chi connectivity index (χ0n) is 8.07. The van der Waals surface area contributed by atoms with Gasteiger partial charge in [-0.15, -0.1) is 0 Å². The fraction of sp³-hybridized carbons (Fsp3) is 0.889. The van der Waals surface area contributed by atoms with Crippen molar-refractivity contribution >= 4 is 5.91 Å². The molecule has 1 aliphatic heterocycles. The minimum Gasteiger partial charge on any atom is -0.391 e. The molecule has 1 aliphatic rings. The lowest BCUT2D eigenvalue weighted by molar-refractivity contribution is -0.134. The van der Waals surface area contributed by atoms with Gasteiger partial charge in [0.05, 0.1) is 6.10 Å². The van der Waals surface area contributed by atoms with E-state index in [2.05, 4.69) is 0 Å². The molecule has 4 nitrogen and oxygen atoms in total. The van der Waals surface area contributed by atoms with Gasteiger partial charge in [-0.25, -0.2) is 0 Å². The Kier molecular flexibility index (Phi) is 3.69. The third-order valence-electron chi connectivity index (χ3n) is 2.50. The van der Waals surface area contributed by atoms with Crippen LogP contribution in [0.4, 0.5) is 0 Å². The van der Waals surface area contributed by atoms with Crippen LogP contribution >= 0.6 is 0 Å². The molecule has 2 atom stereocenters. The Bertz CT molecular complexity index is 184. The van der Waals surface area contributed by atoms with Crippen molar-refractivity contribution in [1.82, 2.24) is 4.90 Å². The fourth-order valence-corrected chi connectivity index (χ4v) is 1.63. The largest absolute Gasteiger partial charge is 0.391 e. The Morgan fingerprint density at radius 3 is 2.92 bits per heavy atom. The Morgan fingerprint density at radius 1 is 1.77 bits per heavy atom. The van der Waals surface area contributed by atoms with Crippen LogP contribution in [0.25, 0.3) is 0 Å². The molecule has 76 valence electrons. The molecular formula is C9H18N2O2. The molecule has 3 N–H and O–H groups in total. The van der Waals surface area contributed by atoms with Gasteiger partial charge in [0.15, 0.2) is 0 Å². The predicted octanol–water partition coefficient (Wildman–Crippen LogP) is -0.435. The minimum atomic E-state index is -0.325. The van der Waals surface area contributed by atoms with Crippen LogP contribution in [-0.4, -0.2) is 41.7 Å². The number of amides is 1. The van der Waals surface area contributed by atoms with E-state index < -0.39 is 0 Å². The van der Waals surface area contributed by atoms with Gasteiger partial charge in [0, 0.05) is 19.0 Å². The van der Waals surface area contributed by atoms with Gasteiger partial charge in [0.1, 0.15) is 0 Å². The summed E-state index contributed by atoms with van der Waals surface area (Å²) in [7, 11) is 0. The van der Waals surface area contributed by atoms with Crippen LogP contribution in [0.15, 0.2) is 0 Å². The summed E-state index contributed by atoms with van der Waals surface area (Å²) < 4.78 is 0. The van der Waals surface area contributed by atoms with Gasteiger partial charge in [-0.3, -0.25) is 4.79 Å². The average Bonchev–Trinajstić information content (AvgIpc) is 2.51. The van der Waals surface area contributed by atoms with E-state index in [4.69, 9.17) is 5.73 Å². The van der Waals surface area contributed by atoms with Gasteiger partial charge < -0.3 is 15.7 Å². The highest BCUT2D eigenvalue weighted by Gasteiger charge is 2.27. The first-order valence-electron chi connectivity index (χ1n) is 4.82. The van der Waals surface area contributed by atoms with Gasteiger partial charge in [-0.2, -0.15) is 0 Å². The third-order valence-corrected chi connectivity index (χ3v) is 2.50. The van der Waals surface area contributed by atoms with E-state index in [1.807, 2.05) is 6.92 Å². The number of hydrogen-bond donors (Lipinski definition) is 2. The zero-order chi connectivity index (χ0) is 9.84. The minimum absolute atomic E-state index is 0.00435. The molecule has 0 aliphatic carbocycles. The quantitative estimate of drug-likeness (QED) is 0.628. The summed E-state index contributed by atoms with van der Waals surface area (Å²) in [6, 6.07) is 0. The van der Waals surface area contributed by atoms with Gasteiger partial charge in [-0.05, 0) is 19.4 Å². The van der Waals surface area contributed by atoms with Crippen molar-refractivity contribution in [3.63, 3.8) is 0 Å². The first-order chi connectivity index (χ1) is 6.15. The maximum atomic E-state index is 11.6. The molecule has 1 amide bonds. The van der Waals surface area contributed by atoms with E-state index in [0.29, 0.717) is 26.1 Å². The lowest BCUT2D eigenvalue weighted by Crippen LogP contribution is -2.34. The lowest BCUT2D eigenvalue weighted by atomic mass is 10.1. The van der Waals surface area contributed by atoms with Crippen LogP contribution in [0.1, 0.15) is 19.8 Å². The van der Waals surface area contributed by atoms with Crippen molar-refractivity contribution in [2.24, 2.45) is 11.7 Å². The fourth-order valence-electron chi connectivity index (χ4n) is 1.63. The van der Waals surface area contributed by atoms with Gasteiger partial charge in [0.25, 0.3) is 0 Å². The normalized spacial score (nSPS) is 24.8. The maximum Gasteiger partial charge on any atom is 0.225 e. The highest BCUT2D eigenvalue weighted by molar-refractivity contribution is 5.78. The van der Waals surface area contributed by atoms with Crippen LogP contribution in [0.5, 0.6) is 0 Å². The summed E-state index contributed by atoms with van der Waals surface area (Å²) in [5, 5.41) is 9.24. The smallest absolute Gasteiger partial charge is 0.225 e. The van der Waals surface area contributed by atoms with Gasteiger partial charge in [-0.1, -0.05) is 6.92 Å². The summed E-state index contributed by atoms with van der Waals surface area (Å²) in [5.74, 6) is 0.122. The average molecular weight is 186 g/mol. The number of carbonyl (C=O) groups excluding carboxylic acids is 1. The van der Waals surface area contributed by atoms with E-state index >= 15 is 0 Å². The Labute approximate surface area is 78.7 Å². The molecule has 0 bridgehead atoms. The maximum absolute atomic E-state index is 11.6. The van der Waals surface area contributed by atoms with Crippen molar-refractivity contribution < 1.29 is 9.90 Å². The number of β-amino-alcohol motifs (C(OH)–C–C–N with tert-alkyl or cyclic N) is 1. The number of hydrogen-bond acceptors (Lipinski definition) is 3. The van der Waals surface area contributed by atoms with E-state index in [1.165, 1.54) is 0 Å². The van der Waals surface area contributed by atoms with Crippen molar-refractivity contribution in [3.8, 4) is 0 Å². The molecule has 1 saturated heterocycles. The third kappa shape index (κ3) is 2.67. The number of likely N-dealkylation sites (tertiary alicyclic amines) is 1. The molecule has 0 aromatic carbocycles. The van der Waals surface area contributed by atoms with E-state index in [0.717, 1.165) is 6.42 Å². The summed E-state index contributed by atoms with van der Waals surface area (Å²) >= 11 is 0. The van der Waals surface area contributed by atoms with Crippen LogP contribution in [0.3, 0.4) is 0 Å². The van der Waals surface area contributed by atoms with Gasteiger partial charge >= 0.3 is 0 Å². The number of nitrogens with two attached hydrogens (primary N) is 1. The monoisotopic (exact) mass is 186 g/mol. The van der Waals surface area contributed by atoms with E-state index in [1.54, 1.807) is 4.90 Å². The number of aliphatic hydroxyl groups is 1. The van der Waals surface area contributed by atoms with Crippen LogP contribution in [-0.2, 0) is 4.79 Å². The van der Waals surface area contributed by atoms with E-state index in [-0.39, 0.29) is 17.9 Å². The number of aliphatic hydroxyl groups excluding tert-OH is 1. The topological polar surface area (TPSA) is 66.6 Å². The zero-order valence-corrected chi connectivity index (χ0v) is 8.07. The number of carbonyl (C=O) groups is 1. The molecule has 13 heavy (non-hydrogen) atoms. The molecule has 0 aromatic rings. The first kappa shape index (κ1) is 10.5. The van der Waals surface area contributed by atoms with Crippen molar-refractivity contribution in [2.45, 2.75) is 25.9 Å². The molecule has 1 rings (SSSR count). The second-order valence-electron chi connectivity index (χ2n) is 3.71. The molecule has 0 radical (unpaired) electrons. The lowest BCUT2D eigenvalue weighted by Gasteiger charge is -2.19. The molecule has 4 heteroatoms. The highest BCUT2D eigenvalue weighted by Crippen LogP contribution is 2.13. The molecule has 0 saturated carbocycles. The Balaban J connectivity index is 2.38. The van der Waals surface area contributed by atoms with E-state index in [9.17, 15) is 9.90 Å². The predicted molar refractivity (Wildman–Crippen MR) is 50.0 cm³/mol. The van der Waals surface area contributed by atoms with Crippen molar-refractivity contribution in [1.29, 1.82) is 0 Å². The Hall–Kier alpha value is -0.610. The van der Waals surface area contributed by atoms with Crippen LogP contribution in [0, 0.1) is 5.92 Å². The highest BCUT2D eigenvalue weighted by atomic mass is 16.3. The standard InChI is InChI=1S/C9H18N2O2/c1-7(2-4-10)9(13)11-5-3-8(12)6-11/h7-8,12H,2-6,10H2,1H3/t7?,8-/m0/s1. The van der Waals surface area contributed by atoms with Gasteiger partial charge in [0.2, 0.25) is 5.91 Å². The Morgan fingerprint density at radius 2 is 2.46 bits per heavy atom. The van der Waals surface area contributed by atoms with Crippen molar-refractivity contribution in [3.05, 3.63) is 0 Å². The molecule has 1 heterocycles. The summed E-state index contributed by atoms with van der Waals surface area (Å²) in [5.41, 5.74) is 5.37. The molecular weight excluding hydrogens is 168 g/mol. The molecule has 0 spiro atoms. The second-order valence-corrected chi connectivity index (χ2v) is 3.71. The summed E-state index contributed by atoms with van der Waals surface area (Å²) in [6.45, 7) is 3.62.